The number of hydrogen-bond donors (Lipinski definition) is 1. The van der Waals surface area contributed by atoms with Crippen molar-refractivity contribution in [1.82, 2.24) is 4.57 Å². The Bertz CT molecular complexity index is 3350. The second kappa shape index (κ2) is 14.2. The summed E-state index contributed by atoms with van der Waals surface area (Å²) < 4.78 is 9.28. The first kappa shape index (κ1) is 35.2. The van der Waals surface area contributed by atoms with Gasteiger partial charge in [0.1, 0.15) is 11.7 Å². The maximum atomic E-state index is 6.87. The second-order valence-corrected chi connectivity index (χ2v) is 19.7. The van der Waals surface area contributed by atoms with Gasteiger partial charge < -0.3 is 14.3 Å². The first-order chi connectivity index (χ1) is 30.3. The van der Waals surface area contributed by atoms with Crippen LogP contribution in [0.1, 0.15) is 22.9 Å². The zero-order valence-corrected chi connectivity index (χ0v) is 34.2. The number of anilines is 1. The zero-order chi connectivity index (χ0) is 40.3. The molecule has 61 heavy (non-hydrogen) atoms. The van der Waals surface area contributed by atoms with E-state index in [-0.39, 0.29) is 6.17 Å². The minimum absolute atomic E-state index is 0.287. The Morgan fingerprint density at radius 1 is 0.475 bits per heavy atom. The van der Waals surface area contributed by atoms with E-state index in [2.05, 4.69) is 228 Å². The third-order valence-electron chi connectivity index (χ3n) is 12.5. The molecule has 9 aromatic carbocycles. The molecular weight excluding hydrogens is 759 g/mol. The molecule has 2 aromatic heterocycles. The Morgan fingerprint density at radius 3 is 1.82 bits per heavy atom. The van der Waals surface area contributed by atoms with Gasteiger partial charge in [0.25, 0.3) is 0 Å². The summed E-state index contributed by atoms with van der Waals surface area (Å²) in [6.45, 7) is 0. The van der Waals surface area contributed by atoms with Crippen LogP contribution in [0.5, 0.6) is 0 Å². The Balaban J connectivity index is 1.12. The molecule has 1 unspecified atom stereocenters. The highest BCUT2D eigenvalue weighted by molar-refractivity contribution is 7.20. The van der Waals surface area contributed by atoms with Crippen molar-refractivity contribution in [2.24, 2.45) is 4.99 Å². The van der Waals surface area contributed by atoms with Gasteiger partial charge in [0.2, 0.25) is 0 Å². The summed E-state index contributed by atoms with van der Waals surface area (Å²) in [5.74, 6) is 0. The summed E-state index contributed by atoms with van der Waals surface area (Å²) in [6, 6.07) is 81.4. The lowest BCUT2D eigenvalue weighted by molar-refractivity contribution is 0.671. The number of nitrogens with zero attached hydrogens (tertiary/aromatic N) is 2. The lowest BCUT2D eigenvalue weighted by Crippen LogP contribution is -2.74. The summed E-state index contributed by atoms with van der Waals surface area (Å²) in [7, 11) is -2.81. The highest BCUT2D eigenvalue weighted by Gasteiger charge is 2.41. The van der Waals surface area contributed by atoms with Crippen LogP contribution < -0.4 is 26.1 Å². The molecule has 0 radical (unpaired) electrons. The first-order valence-corrected chi connectivity index (χ1v) is 22.9. The van der Waals surface area contributed by atoms with Crippen molar-refractivity contribution in [2.75, 3.05) is 5.32 Å². The number of rotatable bonds is 7. The van der Waals surface area contributed by atoms with Crippen molar-refractivity contribution in [3.63, 3.8) is 0 Å². The number of aromatic nitrogens is 1. The largest absolute Gasteiger partial charge is 0.454 e. The van der Waals surface area contributed by atoms with Gasteiger partial charge in [0.05, 0.1) is 16.7 Å². The first-order valence-electron chi connectivity index (χ1n) is 20.9. The Hall–Kier alpha value is -7.73. The molecule has 1 aliphatic heterocycles. The summed E-state index contributed by atoms with van der Waals surface area (Å²) in [5, 5.41) is 13.7. The predicted octanol–water partition coefficient (Wildman–Crippen LogP) is 11.0. The van der Waals surface area contributed by atoms with Crippen LogP contribution in [-0.2, 0) is 0 Å². The normalized spacial score (nSPS) is 14.0. The highest BCUT2D eigenvalue weighted by Crippen LogP contribution is 2.41. The van der Waals surface area contributed by atoms with Gasteiger partial charge in [-0.15, -0.1) is 0 Å². The van der Waals surface area contributed by atoms with Gasteiger partial charge in [0.15, 0.2) is 13.7 Å². The van der Waals surface area contributed by atoms with Crippen molar-refractivity contribution in [1.29, 1.82) is 0 Å². The third-order valence-corrected chi connectivity index (χ3v) is 17.3. The minimum Gasteiger partial charge on any atom is -0.454 e. The molecule has 0 saturated heterocycles. The van der Waals surface area contributed by atoms with Crippen LogP contribution in [0.25, 0.3) is 49.4 Å². The van der Waals surface area contributed by atoms with E-state index in [0.717, 1.165) is 72.1 Å². The third kappa shape index (κ3) is 5.55. The average Bonchev–Trinajstić information content (AvgIpc) is 3.89. The molecule has 1 atom stereocenters. The Labute approximate surface area is 354 Å². The highest BCUT2D eigenvalue weighted by atomic mass is 28.3. The molecule has 11 aromatic rings. The van der Waals surface area contributed by atoms with Crippen molar-refractivity contribution in [2.45, 2.75) is 6.17 Å². The summed E-state index contributed by atoms with van der Waals surface area (Å²) in [5.41, 5.74) is 10.3. The summed E-state index contributed by atoms with van der Waals surface area (Å²) in [4.78, 5) is 5.40. The van der Waals surface area contributed by atoms with E-state index in [1.54, 1.807) is 0 Å². The number of nitrogens with one attached hydrogen (secondary N) is 1. The number of para-hydroxylation sites is 2. The topological polar surface area (TPSA) is 42.5 Å². The summed E-state index contributed by atoms with van der Waals surface area (Å²) >= 11 is 0. The molecule has 4 nitrogen and oxygen atoms in total. The van der Waals surface area contributed by atoms with Crippen LogP contribution in [0.2, 0.25) is 0 Å². The molecule has 1 aliphatic rings. The Kier molecular flexibility index (Phi) is 8.22. The molecule has 0 bridgehead atoms. The smallest absolute Gasteiger partial charge is 0.179 e. The van der Waals surface area contributed by atoms with Gasteiger partial charge in [-0.3, -0.25) is 4.99 Å². The molecular formula is C56H39N3OSi. The van der Waals surface area contributed by atoms with E-state index in [1.807, 2.05) is 6.07 Å². The van der Waals surface area contributed by atoms with Gasteiger partial charge in [0, 0.05) is 44.0 Å². The second-order valence-electron chi connectivity index (χ2n) is 15.9. The van der Waals surface area contributed by atoms with E-state index < -0.39 is 8.07 Å². The maximum Gasteiger partial charge on any atom is 0.179 e. The van der Waals surface area contributed by atoms with Crippen molar-refractivity contribution in [3.05, 3.63) is 241 Å². The quantitative estimate of drug-likeness (QED) is 0.129. The lowest BCUT2D eigenvalue weighted by Gasteiger charge is -2.34. The molecule has 5 heteroatoms. The van der Waals surface area contributed by atoms with Crippen LogP contribution in [0.4, 0.5) is 5.69 Å². The SMILES string of the molecule is c1ccc(C2=NC(c3cccc(-n4c5ccc([Si](c6ccccc6)(c6ccccc6)c6ccccc6)cc5c5ccc6c7ccccc7oc6c54)c3)Nc3ccccc32)cc1. The minimum atomic E-state index is -2.81. The van der Waals surface area contributed by atoms with Crippen molar-refractivity contribution >= 4 is 84.0 Å². The number of fused-ring (bicyclic) bond motifs is 8. The maximum absolute atomic E-state index is 6.87. The van der Waals surface area contributed by atoms with Crippen molar-refractivity contribution < 1.29 is 4.42 Å². The fourth-order valence-corrected chi connectivity index (χ4v) is 14.6. The lowest BCUT2D eigenvalue weighted by atomic mass is 9.97. The molecule has 288 valence electrons. The number of hydrogen-bond acceptors (Lipinski definition) is 3. The standard InChI is InChI=1S/C56H39N3OSi/c1-5-18-38(19-6-1)53-48-29-13-15-30-50(48)57-56(58-53)39-20-17-21-40(36-39)59-51-35-32-44(37-49(51)46-33-34-47-45-28-14-16-31-52(45)60-55(47)54(46)59)61(41-22-7-2-8-23-41,42-24-9-3-10-25-42)43-26-11-4-12-27-43/h1-37,56-57H. The van der Waals surface area contributed by atoms with Gasteiger partial charge >= 0.3 is 0 Å². The van der Waals surface area contributed by atoms with Crippen LogP contribution in [-0.4, -0.2) is 18.4 Å². The molecule has 1 N–H and O–H groups in total. The van der Waals surface area contributed by atoms with Crippen LogP contribution in [0, 0.1) is 0 Å². The van der Waals surface area contributed by atoms with E-state index >= 15 is 0 Å². The molecule has 0 spiro atoms. The monoisotopic (exact) mass is 797 g/mol. The van der Waals surface area contributed by atoms with Crippen LogP contribution >= 0.6 is 0 Å². The van der Waals surface area contributed by atoms with Gasteiger partial charge in [-0.05, 0) is 62.7 Å². The fraction of sp³-hybridized carbons (Fsp3) is 0.0179. The molecule has 0 fully saturated rings. The molecule has 0 amide bonds. The summed E-state index contributed by atoms with van der Waals surface area (Å²) in [6.07, 6.45) is -0.287. The van der Waals surface area contributed by atoms with Gasteiger partial charge in [-0.2, -0.15) is 0 Å². The van der Waals surface area contributed by atoms with Crippen LogP contribution in [0.15, 0.2) is 234 Å². The molecule has 0 saturated carbocycles. The Morgan fingerprint density at radius 2 is 1.10 bits per heavy atom. The van der Waals surface area contributed by atoms with Crippen LogP contribution in [0.3, 0.4) is 0 Å². The molecule has 3 heterocycles. The molecule has 0 aliphatic carbocycles. The number of aliphatic imine (C=N–C) groups is 1. The predicted molar refractivity (Wildman–Crippen MR) is 257 cm³/mol. The zero-order valence-electron chi connectivity index (χ0n) is 33.2. The fourth-order valence-electron chi connectivity index (χ4n) is 9.86. The number of benzene rings is 9. The molecule has 12 rings (SSSR count). The average molecular weight is 798 g/mol. The van der Waals surface area contributed by atoms with E-state index in [4.69, 9.17) is 9.41 Å². The van der Waals surface area contributed by atoms with Gasteiger partial charge in [-0.25, -0.2) is 0 Å². The van der Waals surface area contributed by atoms with Gasteiger partial charge in [-0.1, -0.05) is 188 Å². The van der Waals surface area contributed by atoms with E-state index in [1.165, 1.54) is 26.1 Å². The van der Waals surface area contributed by atoms with E-state index in [0.29, 0.717) is 0 Å². The van der Waals surface area contributed by atoms with Crippen molar-refractivity contribution in [3.8, 4) is 5.69 Å². The van der Waals surface area contributed by atoms with E-state index in [9.17, 15) is 0 Å². The number of furan rings is 1.